The second-order valence-corrected chi connectivity index (χ2v) is 2.92. The molecule has 1 fully saturated rings. The third-order valence-electron chi connectivity index (χ3n) is 2.14. The van der Waals surface area contributed by atoms with Crippen LogP contribution in [0.1, 0.15) is 19.8 Å². The molecule has 1 unspecified atom stereocenters. The van der Waals surface area contributed by atoms with E-state index in [4.69, 9.17) is 6.42 Å². The van der Waals surface area contributed by atoms with Gasteiger partial charge in [-0.05, 0) is 6.92 Å². The Labute approximate surface area is 67.6 Å². The van der Waals surface area contributed by atoms with Crippen LogP contribution in [0.3, 0.4) is 0 Å². The maximum Gasteiger partial charge on any atom is 0.135 e. The molecule has 1 heterocycles. The van der Waals surface area contributed by atoms with Crippen molar-refractivity contribution in [3.8, 4) is 12.3 Å². The first-order chi connectivity index (χ1) is 5.24. The van der Waals surface area contributed by atoms with Gasteiger partial charge in [-0.3, -0.25) is 9.69 Å². The maximum atomic E-state index is 10.8. The highest BCUT2D eigenvalue weighted by molar-refractivity contribution is 5.79. The van der Waals surface area contributed by atoms with Gasteiger partial charge in [0.15, 0.2) is 0 Å². The Hall–Kier alpha value is -0.810. The normalized spacial score (nSPS) is 22.7. The van der Waals surface area contributed by atoms with Gasteiger partial charge in [0, 0.05) is 25.9 Å². The van der Waals surface area contributed by atoms with Gasteiger partial charge in [-0.1, -0.05) is 5.92 Å². The summed E-state index contributed by atoms with van der Waals surface area (Å²) in [4.78, 5) is 13.0. The van der Waals surface area contributed by atoms with E-state index in [1.807, 2.05) is 6.92 Å². The molecule has 1 aliphatic heterocycles. The molecule has 11 heavy (non-hydrogen) atoms. The molecule has 0 spiro atoms. The first kappa shape index (κ1) is 8.29. The van der Waals surface area contributed by atoms with Crippen LogP contribution in [0.15, 0.2) is 0 Å². The van der Waals surface area contributed by atoms with Crippen LogP contribution in [-0.2, 0) is 4.79 Å². The van der Waals surface area contributed by atoms with Gasteiger partial charge in [0.1, 0.15) is 5.78 Å². The van der Waals surface area contributed by atoms with Crippen LogP contribution in [0, 0.1) is 12.3 Å². The molecule has 0 bridgehead atoms. The van der Waals surface area contributed by atoms with Gasteiger partial charge < -0.3 is 0 Å². The fraction of sp³-hybridized carbons (Fsp3) is 0.667. The van der Waals surface area contributed by atoms with E-state index >= 15 is 0 Å². The molecule has 0 radical (unpaired) electrons. The number of carbonyl (C=O) groups is 1. The monoisotopic (exact) mass is 151 g/mol. The Balaban J connectivity index is 2.40. The molecule has 0 aromatic rings. The van der Waals surface area contributed by atoms with Crippen LogP contribution in [0.4, 0.5) is 0 Å². The lowest BCUT2D eigenvalue weighted by Crippen LogP contribution is -2.39. The molecule has 0 saturated carbocycles. The quantitative estimate of drug-likeness (QED) is 0.513. The summed E-state index contributed by atoms with van der Waals surface area (Å²) in [6.07, 6.45) is 6.61. The molecule has 60 valence electrons. The number of Topliss-reactive ketones (excluding diaryl/α,β-unsaturated/α-hetero) is 1. The molecule has 2 nitrogen and oxygen atoms in total. The molecule has 1 rings (SSSR count). The zero-order chi connectivity index (χ0) is 8.27. The average Bonchev–Trinajstić information content (AvgIpc) is 2.05. The first-order valence-corrected chi connectivity index (χ1v) is 3.96. The summed E-state index contributed by atoms with van der Waals surface area (Å²) in [5, 5.41) is 0. The Morgan fingerprint density at radius 3 is 2.55 bits per heavy atom. The molecule has 1 atom stereocenters. The third-order valence-corrected chi connectivity index (χ3v) is 2.14. The van der Waals surface area contributed by atoms with Crippen molar-refractivity contribution in [1.29, 1.82) is 0 Å². The minimum Gasteiger partial charge on any atom is -0.300 e. The molecule has 1 aliphatic rings. The van der Waals surface area contributed by atoms with Gasteiger partial charge >= 0.3 is 0 Å². The summed E-state index contributed by atoms with van der Waals surface area (Å²) < 4.78 is 0. The number of hydrogen-bond donors (Lipinski definition) is 0. The molecule has 0 aromatic carbocycles. The van der Waals surface area contributed by atoms with Crippen molar-refractivity contribution in [2.24, 2.45) is 0 Å². The van der Waals surface area contributed by atoms with Crippen molar-refractivity contribution in [1.82, 2.24) is 4.90 Å². The van der Waals surface area contributed by atoms with Crippen molar-refractivity contribution >= 4 is 5.78 Å². The minimum atomic E-state index is 0.183. The largest absolute Gasteiger partial charge is 0.300 e. The van der Waals surface area contributed by atoms with Gasteiger partial charge in [-0.15, -0.1) is 6.42 Å². The molecule has 2 heteroatoms. The molecular formula is C9H13NO. The van der Waals surface area contributed by atoms with E-state index in [9.17, 15) is 4.79 Å². The highest BCUT2D eigenvalue weighted by Crippen LogP contribution is 2.08. The van der Waals surface area contributed by atoms with Gasteiger partial charge in [0.05, 0.1) is 6.04 Å². The maximum absolute atomic E-state index is 10.8. The fourth-order valence-corrected chi connectivity index (χ4v) is 1.27. The van der Waals surface area contributed by atoms with Gasteiger partial charge in [0.25, 0.3) is 0 Å². The fourth-order valence-electron chi connectivity index (χ4n) is 1.27. The lowest BCUT2D eigenvalue weighted by Gasteiger charge is -2.28. The Kier molecular flexibility index (Phi) is 2.67. The summed E-state index contributed by atoms with van der Waals surface area (Å²) in [7, 11) is 0. The van der Waals surface area contributed by atoms with E-state index < -0.39 is 0 Å². The van der Waals surface area contributed by atoms with Crippen LogP contribution in [0.5, 0.6) is 0 Å². The van der Waals surface area contributed by atoms with E-state index in [0.29, 0.717) is 18.6 Å². The Morgan fingerprint density at radius 1 is 1.55 bits per heavy atom. The Morgan fingerprint density at radius 2 is 2.09 bits per heavy atom. The number of terminal acetylenes is 1. The molecule has 0 N–H and O–H groups in total. The number of hydrogen-bond acceptors (Lipinski definition) is 2. The molecular weight excluding hydrogens is 138 g/mol. The summed E-state index contributed by atoms with van der Waals surface area (Å²) >= 11 is 0. The van der Waals surface area contributed by atoms with Crippen molar-refractivity contribution in [3.05, 3.63) is 0 Å². The number of likely N-dealkylation sites (tertiary alicyclic amines) is 1. The lowest BCUT2D eigenvalue weighted by molar-refractivity contribution is -0.121. The van der Waals surface area contributed by atoms with Gasteiger partial charge in [0.2, 0.25) is 0 Å². The zero-order valence-corrected chi connectivity index (χ0v) is 6.84. The van der Waals surface area contributed by atoms with Crippen LogP contribution in [0.2, 0.25) is 0 Å². The lowest BCUT2D eigenvalue weighted by atomic mass is 10.1. The predicted molar refractivity (Wildman–Crippen MR) is 44.1 cm³/mol. The summed E-state index contributed by atoms with van der Waals surface area (Å²) in [6, 6.07) is 0.183. The smallest absolute Gasteiger partial charge is 0.135 e. The third kappa shape index (κ3) is 2.06. The highest BCUT2D eigenvalue weighted by atomic mass is 16.1. The molecule has 1 saturated heterocycles. The number of nitrogens with zero attached hydrogens (tertiary/aromatic N) is 1. The number of carbonyl (C=O) groups excluding carboxylic acids is 1. The summed E-state index contributed by atoms with van der Waals surface area (Å²) in [6.45, 7) is 3.67. The van der Waals surface area contributed by atoms with E-state index in [-0.39, 0.29) is 6.04 Å². The second kappa shape index (κ2) is 3.54. The average molecular weight is 151 g/mol. The number of rotatable bonds is 1. The second-order valence-electron chi connectivity index (χ2n) is 2.92. The van der Waals surface area contributed by atoms with E-state index in [1.54, 1.807) is 0 Å². The zero-order valence-electron chi connectivity index (χ0n) is 6.84. The van der Waals surface area contributed by atoms with Gasteiger partial charge in [-0.25, -0.2) is 0 Å². The van der Waals surface area contributed by atoms with Crippen LogP contribution < -0.4 is 0 Å². The topological polar surface area (TPSA) is 20.3 Å². The van der Waals surface area contributed by atoms with Crippen LogP contribution >= 0.6 is 0 Å². The highest BCUT2D eigenvalue weighted by Gasteiger charge is 2.18. The van der Waals surface area contributed by atoms with E-state index in [0.717, 1.165) is 13.1 Å². The minimum absolute atomic E-state index is 0.183. The molecule has 0 aliphatic carbocycles. The number of piperidine rings is 1. The summed E-state index contributed by atoms with van der Waals surface area (Å²) in [5.41, 5.74) is 0. The predicted octanol–water partition coefficient (Wildman–Crippen LogP) is 0.673. The van der Waals surface area contributed by atoms with E-state index in [2.05, 4.69) is 10.8 Å². The number of ketones is 1. The SMILES string of the molecule is C#CC(C)N1CCC(=O)CC1. The Bertz CT molecular complexity index is 182. The van der Waals surface area contributed by atoms with Crippen LogP contribution in [0.25, 0.3) is 0 Å². The molecule has 0 amide bonds. The van der Waals surface area contributed by atoms with Gasteiger partial charge in [-0.2, -0.15) is 0 Å². The molecule has 0 aromatic heterocycles. The van der Waals surface area contributed by atoms with Crippen molar-refractivity contribution in [2.45, 2.75) is 25.8 Å². The van der Waals surface area contributed by atoms with Crippen molar-refractivity contribution in [2.75, 3.05) is 13.1 Å². The van der Waals surface area contributed by atoms with E-state index in [1.165, 1.54) is 0 Å². The summed E-state index contributed by atoms with van der Waals surface area (Å²) in [5.74, 6) is 3.03. The van der Waals surface area contributed by atoms with Crippen molar-refractivity contribution in [3.63, 3.8) is 0 Å². The van der Waals surface area contributed by atoms with Crippen molar-refractivity contribution < 1.29 is 4.79 Å². The van der Waals surface area contributed by atoms with Crippen LogP contribution in [-0.4, -0.2) is 29.8 Å². The standard InChI is InChI=1S/C9H13NO/c1-3-8(2)10-6-4-9(11)5-7-10/h1,8H,4-7H2,2H3. The first-order valence-electron chi connectivity index (χ1n) is 3.96.